The number of ether oxygens (including phenoxy) is 2. The van der Waals surface area contributed by atoms with Gasteiger partial charge in [0.15, 0.2) is 6.29 Å². The molecule has 1 aromatic heterocycles. The van der Waals surface area contributed by atoms with Crippen molar-refractivity contribution in [2.45, 2.75) is 20.1 Å². The highest BCUT2D eigenvalue weighted by Gasteiger charge is 2.27. The normalized spacial score (nSPS) is 17.4. The van der Waals surface area contributed by atoms with Gasteiger partial charge in [0.2, 0.25) is 0 Å². The van der Waals surface area contributed by atoms with Crippen LogP contribution in [0.5, 0.6) is 0 Å². The van der Waals surface area contributed by atoms with Gasteiger partial charge in [-0.25, -0.2) is 4.98 Å². The molecule has 2 heterocycles. The highest BCUT2D eigenvalue weighted by atomic mass is 16.7. The summed E-state index contributed by atoms with van der Waals surface area (Å²) in [6.45, 7) is 5.64. The second-order valence-electron chi connectivity index (χ2n) is 7.59. The number of hydrogen-bond acceptors (Lipinski definition) is 3. The molecule has 0 unspecified atom stereocenters. The fourth-order valence-corrected chi connectivity index (χ4v) is 3.08. The number of rotatable bonds is 4. The molecular weight excluding hydrogens is 336 g/mol. The highest BCUT2D eigenvalue weighted by Crippen LogP contribution is 2.30. The van der Waals surface area contributed by atoms with E-state index in [-0.39, 0.29) is 11.7 Å². The topological polar surface area (TPSA) is 47.1 Å². The van der Waals surface area contributed by atoms with E-state index in [1.54, 1.807) is 0 Å². The fraction of sp³-hybridized carbons (Fsp3) is 0.261. The van der Waals surface area contributed by atoms with Gasteiger partial charge in [-0.1, -0.05) is 74.5 Å². The zero-order valence-corrected chi connectivity index (χ0v) is 15.7. The van der Waals surface area contributed by atoms with Crippen molar-refractivity contribution in [3.63, 3.8) is 0 Å². The summed E-state index contributed by atoms with van der Waals surface area (Å²) in [6, 6.07) is 20.5. The molecule has 4 heteroatoms. The third-order valence-corrected chi connectivity index (χ3v) is 4.52. The minimum absolute atomic E-state index is 0.0655. The molecule has 3 aromatic rings. The Morgan fingerprint density at radius 3 is 2.15 bits per heavy atom. The molecule has 1 fully saturated rings. The molecule has 138 valence electrons. The van der Waals surface area contributed by atoms with Crippen LogP contribution in [0.25, 0.3) is 28.6 Å². The van der Waals surface area contributed by atoms with Crippen LogP contribution in [-0.2, 0) is 9.47 Å². The molecule has 0 radical (unpaired) electrons. The van der Waals surface area contributed by atoms with Crippen molar-refractivity contribution >= 4 is 6.08 Å². The average Bonchev–Trinajstić information content (AvgIpc) is 3.13. The van der Waals surface area contributed by atoms with Crippen LogP contribution in [0.15, 0.2) is 66.7 Å². The predicted octanol–water partition coefficient (Wildman–Crippen LogP) is 5.16. The summed E-state index contributed by atoms with van der Waals surface area (Å²) in [5.41, 5.74) is 4.20. The van der Waals surface area contributed by atoms with E-state index in [1.165, 1.54) is 0 Å². The van der Waals surface area contributed by atoms with Crippen LogP contribution in [0.4, 0.5) is 0 Å². The van der Waals surface area contributed by atoms with Gasteiger partial charge in [-0.15, -0.1) is 0 Å². The summed E-state index contributed by atoms with van der Waals surface area (Å²) in [7, 11) is 0. The Hall–Kier alpha value is -2.69. The Bertz CT molecular complexity index is 847. The largest absolute Gasteiger partial charge is 0.348 e. The molecule has 2 aromatic carbocycles. The van der Waals surface area contributed by atoms with E-state index >= 15 is 0 Å². The molecule has 0 amide bonds. The fourth-order valence-electron chi connectivity index (χ4n) is 3.08. The quantitative estimate of drug-likeness (QED) is 0.699. The van der Waals surface area contributed by atoms with Gasteiger partial charge in [0, 0.05) is 16.5 Å². The lowest BCUT2D eigenvalue weighted by atomic mass is 9.96. The summed E-state index contributed by atoms with van der Waals surface area (Å²) in [5.74, 6) is 0.782. The first-order valence-corrected chi connectivity index (χ1v) is 9.23. The Labute approximate surface area is 159 Å². The van der Waals surface area contributed by atoms with E-state index in [1.807, 2.05) is 48.6 Å². The second-order valence-corrected chi connectivity index (χ2v) is 7.59. The molecule has 4 rings (SSSR count). The molecule has 1 saturated heterocycles. The van der Waals surface area contributed by atoms with Crippen LogP contribution < -0.4 is 0 Å². The molecule has 0 bridgehead atoms. The molecule has 0 saturated carbocycles. The second kappa shape index (κ2) is 7.51. The van der Waals surface area contributed by atoms with Gasteiger partial charge in [0.05, 0.1) is 24.6 Å². The summed E-state index contributed by atoms with van der Waals surface area (Å²) >= 11 is 0. The number of nitrogens with zero attached hydrogens (tertiary/aromatic N) is 1. The summed E-state index contributed by atoms with van der Waals surface area (Å²) < 4.78 is 11.5. The van der Waals surface area contributed by atoms with Crippen LogP contribution in [0, 0.1) is 5.41 Å². The first kappa shape index (κ1) is 17.7. The zero-order valence-electron chi connectivity index (χ0n) is 15.7. The van der Waals surface area contributed by atoms with E-state index in [4.69, 9.17) is 14.5 Å². The molecule has 0 atom stereocenters. The van der Waals surface area contributed by atoms with Gasteiger partial charge < -0.3 is 14.5 Å². The van der Waals surface area contributed by atoms with Crippen molar-refractivity contribution < 1.29 is 9.47 Å². The minimum Gasteiger partial charge on any atom is -0.348 e. The van der Waals surface area contributed by atoms with Crippen LogP contribution in [0.1, 0.15) is 19.7 Å². The van der Waals surface area contributed by atoms with Gasteiger partial charge in [-0.2, -0.15) is 0 Å². The molecule has 0 spiro atoms. The Kier molecular flexibility index (Phi) is 4.92. The van der Waals surface area contributed by atoms with E-state index in [2.05, 4.69) is 43.1 Å². The van der Waals surface area contributed by atoms with Crippen LogP contribution in [0.3, 0.4) is 0 Å². The molecule has 4 nitrogen and oxygen atoms in total. The van der Waals surface area contributed by atoms with Gasteiger partial charge in [-0.3, -0.25) is 0 Å². The molecule has 27 heavy (non-hydrogen) atoms. The first-order valence-electron chi connectivity index (χ1n) is 9.23. The summed E-state index contributed by atoms with van der Waals surface area (Å²) in [4.78, 5) is 8.26. The van der Waals surface area contributed by atoms with Crippen molar-refractivity contribution in [3.8, 4) is 22.5 Å². The van der Waals surface area contributed by atoms with Crippen molar-refractivity contribution in [2.75, 3.05) is 13.2 Å². The van der Waals surface area contributed by atoms with Gasteiger partial charge in [0.1, 0.15) is 5.82 Å². The smallest absolute Gasteiger partial charge is 0.177 e. The van der Waals surface area contributed by atoms with E-state index < -0.39 is 0 Å². The molecule has 1 N–H and O–H groups in total. The number of H-pyrrole nitrogens is 1. The van der Waals surface area contributed by atoms with E-state index in [0.717, 1.165) is 28.3 Å². The Morgan fingerprint density at radius 2 is 1.52 bits per heavy atom. The van der Waals surface area contributed by atoms with Crippen molar-refractivity contribution in [1.82, 2.24) is 9.97 Å². The lowest BCUT2D eigenvalue weighted by Crippen LogP contribution is -2.36. The van der Waals surface area contributed by atoms with Crippen molar-refractivity contribution in [3.05, 3.63) is 72.6 Å². The Balaban J connectivity index is 1.63. The molecule has 0 aliphatic carbocycles. The maximum atomic E-state index is 5.77. The monoisotopic (exact) mass is 360 g/mol. The van der Waals surface area contributed by atoms with Gasteiger partial charge >= 0.3 is 0 Å². The lowest BCUT2D eigenvalue weighted by Gasteiger charge is -2.33. The number of imidazole rings is 1. The average molecular weight is 360 g/mol. The first-order chi connectivity index (χ1) is 13.1. The third kappa shape index (κ3) is 4.18. The molecular formula is C23H24N2O2. The minimum atomic E-state index is -0.330. The van der Waals surface area contributed by atoms with Crippen molar-refractivity contribution in [1.29, 1.82) is 0 Å². The summed E-state index contributed by atoms with van der Waals surface area (Å²) in [6.07, 6.45) is 3.52. The number of aromatic amines is 1. The highest BCUT2D eigenvalue weighted by molar-refractivity contribution is 5.79. The molecule has 1 aliphatic rings. The maximum Gasteiger partial charge on any atom is 0.177 e. The lowest BCUT2D eigenvalue weighted by molar-refractivity contribution is -0.197. The number of aromatic nitrogens is 2. The van der Waals surface area contributed by atoms with E-state index in [9.17, 15) is 0 Å². The summed E-state index contributed by atoms with van der Waals surface area (Å²) in [5, 5.41) is 0. The third-order valence-electron chi connectivity index (χ3n) is 4.52. The Morgan fingerprint density at radius 1 is 0.926 bits per heavy atom. The van der Waals surface area contributed by atoms with Gasteiger partial charge in [0.25, 0.3) is 0 Å². The zero-order chi connectivity index (χ0) is 18.7. The SMILES string of the molecule is CC1(C)COC(C=Cc2nc(-c3ccccc3)c(-c3ccccc3)[nH]2)OC1. The predicted molar refractivity (Wildman–Crippen MR) is 108 cm³/mol. The van der Waals surface area contributed by atoms with Crippen molar-refractivity contribution in [2.24, 2.45) is 5.41 Å². The number of hydrogen-bond donors (Lipinski definition) is 1. The van der Waals surface area contributed by atoms with Crippen LogP contribution in [-0.4, -0.2) is 29.5 Å². The maximum absolute atomic E-state index is 5.77. The standard InChI is InChI=1S/C23H24N2O2/c1-23(2)15-26-20(27-16-23)14-13-19-24-21(17-9-5-3-6-10-17)22(25-19)18-11-7-4-8-12-18/h3-14,20H,15-16H2,1-2H3,(H,24,25). The van der Waals surface area contributed by atoms with Crippen LogP contribution in [0.2, 0.25) is 0 Å². The van der Waals surface area contributed by atoms with Crippen LogP contribution >= 0.6 is 0 Å². The number of nitrogens with one attached hydrogen (secondary N) is 1. The number of benzene rings is 2. The van der Waals surface area contributed by atoms with Gasteiger partial charge in [-0.05, 0) is 12.2 Å². The van der Waals surface area contributed by atoms with E-state index in [0.29, 0.717) is 13.2 Å². The molecule has 1 aliphatic heterocycles.